The number of Topliss-reactive ketones (excluding diaryl/α,β-unsaturated/α-hetero) is 2. The standard InChI is InChI=1S/C32H49NO3S.C17H30O4.C15H21NOS/c1-12-15-21(4)24(7)25(8)31(35)32(10,11)23(6)19-30(34)36-29(17-16-27(13-2)14-3)22(5)18-28-20-37-26(9)33-28;1-8-9-11(2)12(3)13(4)16(20)17(5,6)14(21-7)10-15(18)19;1-5-13(6-2)7-8-15(17)11(3)9-14-10-18-12(4)16-14/h12-13,16,18,20-21,23-25,29H,1-2,14-15,17,19H2,3-11H3;8,11-14H,1,9-10H2,2-7H3,(H,18,19);5,7,9-10,15,17H,1,6,8H2,2-4H3/b22-18+,27-16+;;11-9+,13-7+/t21-,23-,24-,25+,29-;11-,12-,13+,14-;15-/m000/s1. The van der Waals surface area contributed by atoms with Crippen molar-refractivity contribution in [3.8, 4) is 0 Å². The summed E-state index contributed by atoms with van der Waals surface area (Å²) in [6.07, 6.45) is 18.8. The highest BCUT2D eigenvalue weighted by molar-refractivity contribution is 7.09. The fourth-order valence-corrected chi connectivity index (χ4v) is 9.96. The van der Waals surface area contributed by atoms with Crippen molar-refractivity contribution >= 4 is 58.3 Å². The summed E-state index contributed by atoms with van der Waals surface area (Å²) in [7, 11) is 1.46. The second-order valence-corrected chi connectivity index (χ2v) is 24.0. The lowest BCUT2D eigenvalue weighted by Crippen LogP contribution is -2.44. The second kappa shape index (κ2) is 35.7. The first kappa shape index (κ1) is 71.4. The summed E-state index contributed by atoms with van der Waals surface area (Å²) >= 11 is 3.22. The molecule has 2 aromatic rings. The largest absolute Gasteiger partial charge is 0.481 e. The van der Waals surface area contributed by atoms with Gasteiger partial charge in [0.1, 0.15) is 17.7 Å². The summed E-state index contributed by atoms with van der Waals surface area (Å²) in [6.45, 7) is 49.1. The molecule has 0 spiro atoms. The highest BCUT2D eigenvalue weighted by Crippen LogP contribution is 2.38. The second-order valence-electron chi connectivity index (χ2n) is 21.9. The molecule has 0 aliphatic heterocycles. The molecule has 0 aliphatic carbocycles. The Morgan fingerprint density at radius 1 is 0.671 bits per heavy atom. The van der Waals surface area contributed by atoms with Crippen LogP contribution in [0.4, 0.5) is 0 Å². The van der Waals surface area contributed by atoms with Crippen molar-refractivity contribution in [3.63, 3.8) is 0 Å². The Hall–Kier alpha value is -4.62. The number of aliphatic hydroxyl groups is 1. The molecule has 426 valence electrons. The molecule has 0 aromatic carbocycles. The number of ketones is 2. The number of aliphatic hydroxyl groups excluding tert-OH is 1. The molecule has 0 bridgehead atoms. The summed E-state index contributed by atoms with van der Waals surface area (Å²) in [5.41, 5.74) is 4.51. The molecule has 0 saturated heterocycles. The summed E-state index contributed by atoms with van der Waals surface area (Å²) in [6, 6.07) is 0. The molecule has 12 heteroatoms. The number of hydrogen-bond donors (Lipinski definition) is 2. The maximum Gasteiger partial charge on any atom is 0.306 e. The van der Waals surface area contributed by atoms with Crippen LogP contribution in [0.2, 0.25) is 0 Å². The van der Waals surface area contributed by atoms with Crippen LogP contribution in [0.1, 0.15) is 177 Å². The van der Waals surface area contributed by atoms with Gasteiger partial charge >= 0.3 is 11.9 Å². The van der Waals surface area contributed by atoms with Crippen molar-refractivity contribution in [1.82, 2.24) is 9.97 Å². The predicted octanol–water partition coefficient (Wildman–Crippen LogP) is 16.5. The number of aliphatic carboxylic acids is 1. The SMILES string of the molecule is C=C/C(=C\C[C@H](O)/C(C)=C/c1csc(C)n1)CC.C=CC[C@H](C)[C@H](C)[C@@H](C)C(=O)C(C)(C)[C@@H](C)CC(=O)O[C@@H](C/C=C(\C=C)CC)/C(C)=C/c1csc(C)n1.C=CC[C@H](C)[C@H](C)[C@@H](C)C(=O)C(C)(C)[C@H](CC(=O)O)OC. The van der Waals surface area contributed by atoms with Crippen LogP contribution in [0.15, 0.2) is 95.8 Å². The van der Waals surface area contributed by atoms with Gasteiger partial charge in [0.25, 0.3) is 0 Å². The van der Waals surface area contributed by atoms with Gasteiger partial charge in [0.2, 0.25) is 0 Å². The molecule has 2 aromatic heterocycles. The number of thiazole rings is 2. The molecule has 2 heterocycles. The first-order chi connectivity index (χ1) is 35.4. The van der Waals surface area contributed by atoms with E-state index in [1.54, 1.807) is 36.5 Å². The minimum atomic E-state index is -0.955. The maximum atomic E-state index is 13.5. The summed E-state index contributed by atoms with van der Waals surface area (Å²) in [5, 5.41) is 25.1. The number of carbonyl (C=O) groups excluding carboxylic acids is 3. The van der Waals surface area contributed by atoms with Crippen LogP contribution >= 0.6 is 22.7 Å². The fourth-order valence-electron chi connectivity index (χ4n) is 8.82. The Bertz CT molecular complexity index is 2290. The molecule has 0 fully saturated rings. The van der Waals surface area contributed by atoms with Crippen LogP contribution in [-0.4, -0.2) is 69.1 Å². The Morgan fingerprint density at radius 3 is 1.46 bits per heavy atom. The number of allylic oxidation sites excluding steroid dienone is 6. The van der Waals surface area contributed by atoms with E-state index in [1.165, 1.54) is 12.7 Å². The number of aromatic nitrogens is 2. The predicted molar refractivity (Wildman–Crippen MR) is 322 cm³/mol. The quantitative estimate of drug-likeness (QED) is 0.0411. The lowest BCUT2D eigenvalue weighted by molar-refractivity contribution is -0.151. The molecule has 2 N–H and O–H groups in total. The molecule has 10 nitrogen and oxygen atoms in total. The number of carbonyl (C=O) groups is 4. The monoisotopic (exact) mass is 1090 g/mol. The number of ether oxygens (including phenoxy) is 2. The van der Waals surface area contributed by atoms with Crippen LogP contribution in [0.25, 0.3) is 12.2 Å². The number of carboxylic acids is 1. The molecular formula is C64H100N2O8S2. The molecule has 0 aliphatic rings. The van der Waals surface area contributed by atoms with E-state index in [4.69, 9.17) is 14.6 Å². The van der Waals surface area contributed by atoms with Gasteiger partial charge in [-0.05, 0) is 113 Å². The zero-order chi connectivity index (χ0) is 58.7. The van der Waals surface area contributed by atoms with Gasteiger partial charge in [0.05, 0.1) is 45.4 Å². The van der Waals surface area contributed by atoms with Gasteiger partial charge < -0.3 is 19.7 Å². The number of hydrogen-bond acceptors (Lipinski definition) is 11. The first-order valence-corrected chi connectivity index (χ1v) is 29.0. The van der Waals surface area contributed by atoms with Crippen molar-refractivity contribution < 1.29 is 38.9 Å². The average molecular weight is 1090 g/mol. The molecule has 10 atom stereocenters. The number of aryl methyl sites for hydroxylation is 2. The Labute approximate surface area is 468 Å². The zero-order valence-electron chi connectivity index (χ0n) is 50.1. The lowest BCUT2D eigenvalue weighted by Gasteiger charge is -2.36. The number of methoxy groups -OCH3 is 1. The van der Waals surface area contributed by atoms with E-state index in [0.29, 0.717) is 24.7 Å². The Morgan fingerprint density at radius 2 is 1.09 bits per heavy atom. The van der Waals surface area contributed by atoms with Crippen molar-refractivity contribution in [2.75, 3.05) is 7.11 Å². The van der Waals surface area contributed by atoms with E-state index in [0.717, 1.165) is 63.8 Å². The van der Waals surface area contributed by atoms with Crippen LogP contribution in [-0.2, 0) is 28.7 Å². The normalized spacial score (nSPS) is 16.6. The topological polar surface area (TPSA) is 153 Å². The third-order valence-corrected chi connectivity index (χ3v) is 17.2. The van der Waals surface area contributed by atoms with E-state index in [9.17, 15) is 24.3 Å². The lowest BCUT2D eigenvalue weighted by atomic mass is 9.67. The van der Waals surface area contributed by atoms with Crippen LogP contribution < -0.4 is 0 Å². The average Bonchev–Trinajstić information content (AvgIpc) is 3.99. The molecule has 76 heavy (non-hydrogen) atoms. The van der Waals surface area contributed by atoms with Gasteiger partial charge in [0.15, 0.2) is 0 Å². The van der Waals surface area contributed by atoms with Gasteiger partial charge in [-0.1, -0.05) is 151 Å². The molecule has 0 unspecified atom stereocenters. The number of carboxylic acid groups (broad SMARTS) is 1. The van der Waals surface area contributed by atoms with Crippen molar-refractivity contribution in [2.45, 2.75) is 187 Å². The molecule has 2 rings (SSSR count). The van der Waals surface area contributed by atoms with Gasteiger partial charge in [-0.25, -0.2) is 9.97 Å². The molecule has 0 amide bonds. The third kappa shape index (κ3) is 24.4. The van der Waals surface area contributed by atoms with Crippen LogP contribution in [0, 0.1) is 66.1 Å². The zero-order valence-corrected chi connectivity index (χ0v) is 51.7. The van der Waals surface area contributed by atoms with Gasteiger partial charge in [-0.2, -0.15) is 0 Å². The van der Waals surface area contributed by atoms with Crippen molar-refractivity contribution in [3.05, 3.63) is 117 Å². The first-order valence-electron chi connectivity index (χ1n) is 27.2. The number of rotatable bonds is 32. The number of nitrogens with zero attached hydrogens (tertiary/aromatic N) is 2. The minimum absolute atomic E-state index is 0.0546. The summed E-state index contributed by atoms with van der Waals surface area (Å²) in [5.74, 6) is -0.215. The van der Waals surface area contributed by atoms with Gasteiger partial charge in [-0.3, -0.25) is 19.2 Å². The highest BCUT2D eigenvalue weighted by Gasteiger charge is 2.43. The molecule has 0 radical (unpaired) electrons. The van der Waals surface area contributed by atoms with Crippen molar-refractivity contribution in [2.24, 2.45) is 52.3 Å². The van der Waals surface area contributed by atoms with Gasteiger partial charge in [0, 0.05) is 48.0 Å². The van der Waals surface area contributed by atoms with E-state index < -0.39 is 35.1 Å². The van der Waals surface area contributed by atoms with E-state index in [2.05, 4.69) is 83.9 Å². The van der Waals surface area contributed by atoms with Crippen molar-refractivity contribution in [1.29, 1.82) is 0 Å². The summed E-state index contributed by atoms with van der Waals surface area (Å²) in [4.78, 5) is 59.3. The van der Waals surface area contributed by atoms with Crippen LogP contribution in [0.3, 0.4) is 0 Å². The van der Waals surface area contributed by atoms with E-state index in [-0.39, 0.29) is 60.0 Å². The smallest absolute Gasteiger partial charge is 0.306 e. The van der Waals surface area contributed by atoms with Crippen LogP contribution in [0.5, 0.6) is 0 Å². The highest BCUT2D eigenvalue weighted by atomic mass is 32.1. The van der Waals surface area contributed by atoms with E-state index in [1.807, 2.05) is 116 Å². The maximum absolute atomic E-state index is 13.5. The summed E-state index contributed by atoms with van der Waals surface area (Å²) < 4.78 is 11.3. The van der Waals surface area contributed by atoms with Gasteiger partial charge in [-0.15, -0.1) is 35.8 Å². The van der Waals surface area contributed by atoms with E-state index >= 15 is 0 Å². The molecular weight excluding hydrogens is 989 g/mol. The fraction of sp³-hybridized carbons (Fsp3) is 0.594. The Kier molecular flexibility index (Phi) is 33.6. The third-order valence-electron chi connectivity index (χ3n) is 15.6. The number of esters is 1. The molecule has 0 saturated carbocycles. The Balaban J connectivity index is 0.00000122. The minimum Gasteiger partial charge on any atom is -0.481 e.